The van der Waals surface area contributed by atoms with Crippen LogP contribution in [0.2, 0.25) is 0 Å². The average molecular weight is 322 g/mol. The van der Waals surface area contributed by atoms with Crippen LogP contribution in [0.4, 0.5) is 0 Å². The molecule has 7 rings (SSSR count). The van der Waals surface area contributed by atoms with Crippen molar-refractivity contribution in [3.8, 4) is 0 Å². The van der Waals surface area contributed by atoms with Crippen molar-refractivity contribution in [2.75, 3.05) is 6.67 Å². The lowest BCUT2D eigenvalue weighted by atomic mass is 9.54. The molecule has 6 aliphatic rings. The molecule has 1 aromatic rings. The zero-order valence-electron chi connectivity index (χ0n) is 14.2. The van der Waals surface area contributed by atoms with Gasteiger partial charge in [0.25, 0.3) is 0 Å². The number of nitrogens with zero attached hydrogens (tertiary/aromatic N) is 2. The molecule has 4 saturated carbocycles. The number of hydrogen-bond donors (Lipinski definition) is 0. The number of benzene rings is 1. The van der Waals surface area contributed by atoms with Crippen molar-refractivity contribution in [1.82, 2.24) is 9.80 Å². The maximum atomic E-state index is 13.3. The number of rotatable bonds is 1. The van der Waals surface area contributed by atoms with E-state index in [9.17, 15) is 4.79 Å². The summed E-state index contributed by atoms with van der Waals surface area (Å²) >= 11 is 0. The van der Waals surface area contributed by atoms with Gasteiger partial charge >= 0.3 is 0 Å². The summed E-state index contributed by atoms with van der Waals surface area (Å²) in [6.07, 6.45) is 7.98. The van der Waals surface area contributed by atoms with E-state index < -0.39 is 0 Å². The van der Waals surface area contributed by atoms with E-state index in [4.69, 9.17) is 0 Å². The lowest BCUT2D eigenvalue weighted by molar-refractivity contribution is -0.139. The van der Waals surface area contributed by atoms with Crippen LogP contribution in [0.25, 0.3) is 0 Å². The van der Waals surface area contributed by atoms with E-state index in [0.29, 0.717) is 11.9 Å². The molecular weight excluding hydrogens is 296 g/mol. The molecule has 5 fully saturated rings. The first kappa shape index (κ1) is 13.9. The van der Waals surface area contributed by atoms with Gasteiger partial charge in [0.15, 0.2) is 0 Å². The summed E-state index contributed by atoms with van der Waals surface area (Å²) in [7, 11) is 0. The van der Waals surface area contributed by atoms with Crippen molar-refractivity contribution in [1.29, 1.82) is 0 Å². The second-order valence-electron chi connectivity index (χ2n) is 9.11. The first-order chi connectivity index (χ1) is 11.8. The molecule has 0 aromatic heterocycles. The van der Waals surface area contributed by atoms with Crippen LogP contribution in [0.5, 0.6) is 0 Å². The molecule has 1 aromatic carbocycles. The van der Waals surface area contributed by atoms with E-state index >= 15 is 0 Å². The van der Waals surface area contributed by atoms with Crippen molar-refractivity contribution in [3.63, 3.8) is 0 Å². The minimum absolute atomic E-state index is 0.108. The first-order valence-electron chi connectivity index (χ1n) is 9.87. The van der Waals surface area contributed by atoms with E-state index in [0.717, 1.165) is 43.3 Å². The summed E-state index contributed by atoms with van der Waals surface area (Å²) in [4.78, 5) is 18.0. The van der Waals surface area contributed by atoms with Gasteiger partial charge in [-0.05, 0) is 73.3 Å². The molecule has 3 heteroatoms. The van der Waals surface area contributed by atoms with Gasteiger partial charge in [-0.1, -0.05) is 24.3 Å². The number of amides is 1. The molecule has 0 radical (unpaired) electrons. The van der Waals surface area contributed by atoms with E-state index in [1.165, 1.54) is 43.2 Å². The second kappa shape index (κ2) is 4.85. The Morgan fingerprint density at radius 3 is 2.25 bits per heavy atom. The maximum Gasteiger partial charge on any atom is 0.241 e. The normalized spacial score (nSPS) is 43.2. The van der Waals surface area contributed by atoms with Gasteiger partial charge in [0.2, 0.25) is 5.91 Å². The first-order valence-corrected chi connectivity index (χ1v) is 9.87. The minimum atomic E-state index is 0.108. The van der Waals surface area contributed by atoms with Gasteiger partial charge in [0.1, 0.15) is 0 Å². The molecule has 1 unspecified atom stereocenters. The largest absolute Gasteiger partial charge is 0.325 e. The molecule has 0 spiro atoms. The second-order valence-corrected chi connectivity index (χ2v) is 9.11. The zero-order chi connectivity index (χ0) is 15.8. The van der Waals surface area contributed by atoms with Gasteiger partial charge in [-0.2, -0.15) is 0 Å². The molecule has 1 saturated heterocycles. The third kappa shape index (κ3) is 1.85. The lowest BCUT2D eigenvalue weighted by Crippen LogP contribution is -2.56. The molecule has 0 N–H and O–H groups in total. The van der Waals surface area contributed by atoms with E-state index in [2.05, 4.69) is 34.1 Å². The Labute approximate surface area is 144 Å². The highest BCUT2D eigenvalue weighted by molar-refractivity contribution is 5.85. The van der Waals surface area contributed by atoms with Crippen molar-refractivity contribution < 1.29 is 4.79 Å². The lowest BCUT2D eigenvalue weighted by Gasteiger charge is -2.56. The van der Waals surface area contributed by atoms with Crippen LogP contribution in [-0.2, 0) is 17.8 Å². The van der Waals surface area contributed by atoms with Crippen LogP contribution >= 0.6 is 0 Å². The average Bonchev–Trinajstić information content (AvgIpc) is 2.88. The number of carbonyl (C=O) groups is 1. The van der Waals surface area contributed by atoms with Crippen LogP contribution in [-0.4, -0.2) is 34.5 Å². The van der Waals surface area contributed by atoms with E-state index in [1.807, 2.05) is 0 Å². The molecular formula is C21H26N2O. The fourth-order valence-electron chi connectivity index (χ4n) is 7.07. The van der Waals surface area contributed by atoms with Crippen molar-refractivity contribution in [2.45, 2.75) is 57.2 Å². The molecule has 3 nitrogen and oxygen atoms in total. The van der Waals surface area contributed by atoms with Crippen LogP contribution < -0.4 is 0 Å². The molecule has 4 bridgehead atoms. The Hall–Kier alpha value is -1.35. The summed E-state index contributed by atoms with van der Waals surface area (Å²) in [5, 5.41) is 0. The summed E-state index contributed by atoms with van der Waals surface area (Å²) in [5.74, 6) is 3.99. The summed E-state index contributed by atoms with van der Waals surface area (Å²) in [5.41, 5.74) is 2.81. The van der Waals surface area contributed by atoms with Crippen LogP contribution in [0.1, 0.15) is 43.2 Å². The Balaban J connectivity index is 1.29. The van der Waals surface area contributed by atoms with Crippen LogP contribution in [0.15, 0.2) is 24.3 Å². The Kier molecular flexibility index (Phi) is 2.80. The molecule has 1 atom stereocenters. The maximum absolute atomic E-state index is 13.3. The summed E-state index contributed by atoms with van der Waals surface area (Å²) < 4.78 is 0. The highest BCUT2D eigenvalue weighted by atomic mass is 16.2. The number of fused-ring (bicyclic) bond motifs is 2. The van der Waals surface area contributed by atoms with Gasteiger partial charge in [-0.15, -0.1) is 0 Å². The predicted octanol–water partition coefficient (Wildman–Crippen LogP) is 3.04. The third-order valence-electron chi connectivity index (χ3n) is 7.78. The zero-order valence-corrected chi connectivity index (χ0v) is 14.2. The Morgan fingerprint density at radius 1 is 0.875 bits per heavy atom. The fraction of sp³-hybridized carbons (Fsp3) is 0.667. The topological polar surface area (TPSA) is 23.6 Å². The van der Waals surface area contributed by atoms with Gasteiger partial charge in [-0.25, -0.2) is 0 Å². The van der Waals surface area contributed by atoms with Crippen molar-refractivity contribution in [2.24, 2.45) is 23.7 Å². The highest BCUT2D eigenvalue weighted by Crippen LogP contribution is 2.55. The smallest absolute Gasteiger partial charge is 0.241 e. The van der Waals surface area contributed by atoms with Gasteiger partial charge < -0.3 is 4.90 Å². The fourth-order valence-corrected chi connectivity index (χ4v) is 7.07. The van der Waals surface area contributed by atoms with Gasteiger partial charge in [0.05, 0.1) is 12.7 Å². The molecule has 1 amide bonds. The summed E-state index contributed by atoms with van der Waals surface area (Å²) in [6.45, 7) is 1.83. The van der Waals surface area contributed by atoms with Crippen molar-refractivity contribution in [3.05, 3.63) is 35.4 Å². The SMILES string of the molecule is O=C1C2Cc3ccccc3CN2CN1C1C2CC3CC(C2)CC1C3. The Morgan fingerprint density at radius 2 is 1.54 bits per heavy atom. The third-order valence-corrected chi connectivity index (χ3v) is 7.78. The van der Waals surface area contributed by atoms with Crippen molar-refractivity contribution >= 4 is 5.91 Å². The van der Waals surface area contributed by atoms with E-state index in [1.54, 1.807) is 0 Å². The monoisotopic (exact) mass is 322 g/mol. The molecule has 24 heavy (non-hydrogen) atoms. The van der Waals surface area contributed by atoms with Crippen LogP contribution in [0.3, 0.4) is 0 Å². The van der Waals surface area contributed by atoms with Gasteiger partial charge in [0, 0.05) is 12.6 Å². The number of hydrogen-bond acceptors (Lipinski definition) is 2. The quantitative estimate of drug-likeness (QED) is 0.793. The predicted molar refractivity (Wildman–Crippen MR) is 92.0 cm³/mol. The Bertz CT molecular complexity index is 671. The molecule has 2 heterocycles. The number of carbonyl (C=O) groups excluding carboxylic acids is 1. The minimum Gasteiger partial charge on any atom is -0.325 e. The molecule has 4 aliphatic carbocycles. The molecule has 126 valence electrons. The van der Waals surface area contributed by atoms with Gasteiger partial charge in [-0.3, -0.25) is 9.69 Å². The standard InChI is InChI=1S/C21H26N2O/c24-21-19-10-15-3-1-2-4-16(15)11-22(19)12-23(21)20-17-6-13-5-14(8-17)9-18(20)7-13/h1-4,13-14,17-20H,5-12H2. The highest BCUT2D eigenvalue weighted by Gasteiger charge is 2.54. The van der Waals surface area contributed by atoms with E-state index in [-0.39, 0.29) is 6.04 Å². The molecule has 2 aliphatic heterocycles. The van der Waals surface area contributed by atoms with Crippen LogP contribution in [0, 0.1) is 23.7 Å². The summed E-state index contributed by atoms with van der Waals surface area (Å²) in [6, 6.07) is 9.36.